The summed E-state index contributed by atoms with van der Waals surface area (Å²) in [4.78, 5) is 34.7. The zero-order chi connectivity index (χ0) is 16.8. The fraction of sp³-hybridized carbons (Fsp3) is 0.0667. The third kappa shape index (κ3) is 4.15. The molecule has 0 saturated heterocycles. The molecule has 1 aromatic carbocycles. The molecule has 1 aromatic heterocycles. The first kappa shape index (κ1) is 16.2. The highest BCUT2D eigenvalue weighted by Crippen LogP contribution is 2.22. The van der Waals surface area contributed by atoms with Gasteiger partial charge in [0.25, 0.3) is 11.8 Å². The SMILES string of the molecule is N#Cc1ccc(C(=O)OCC(=O)Nc2sccc2C(N)=O)cc1. The zero-order valence-corrected chi connectivity index (χ0v) is 12.6. The minimum atomic E-state index is -0.689. The summed E-state index contributed by atoms with van der Waals surface area (Å²) in [5.74, 6) is -1.93. The molecular weight excluding hydrogens is 318 g/mol. The van der Waals surface area contributed by atoms with Crippen molar-refractivity contribution in [1.29, 1.82) is 5.26 Å². The maximum absolute atomic E-state index is 11.8. The first-order valence-electron chi connectivity index (χ1n) is 6.35. The van der Waals surface area contributed by atoms with Gasteiger partial charge in [-0.1, -0.05) is 0 Å². The van der Waals surface area contributed by atoms with Crippen molar-refractivity contribution in [3.8, 4) is 6.07 Å². The number of benzene rings is 1. The van der Waals surface area contributed by atoms with Crippen LogP contribution in [0.3, 0.4) is 0 Å². The molecule has 0 fully saturated rings. The van der Waals surface area contributed by atoms with Gasteiger partial charge in [-0.2, -0.15) is 5.26 Å². The second kappa shape index (κ2) is 7.20. The van der Waals surface area contributed by atoms with Crippen LogP contribution in [0.5, 0.6) is 0 Å². The molecule has 3 N–H and O–H groups in total. The minimum absolute atomic E-state index is 0.196. The van der Waals surface area contributed by atoms with E-state index in [0.717, 1.165) is 11.3 Å². The van der Waals surface area contributed by atoms with E-state index in [1.807, 2.05) is 6.07 Å². The molecule has 0 bridgehead atoms. The van der Waals surface area contributed by atoms with Crippen molar-refractivity contribution in [2.45, 2.75) is 0 Å². The number of carbonyl (C=O) groups excluding carboxylic acids is 3. The van der Waals surface area contributed by atoms with Crippen molar-refractivity contribution < 1.29 is 19.1 Å². The van der Waals surface area contributed by atoms with Crippen LogP contribution < -0.4 is 11.1 Å². The summed E-state index contributed by atoms with van der Waals surface area (Å²) in [5.41, 5.74) is 6.00. The molecule has 2 aromatic rings. The van der Waals surface area contributed by atoms with Gasteiger partial charge in [-0.05, 0) is 35.7 Å². The molecule has 23 heavy (non-hydrogen) atoms. The first-order chi connectivity index (χ1) is 11.0. The number of carbonyl (C=O) groups is 3. The molecule has 0 aliphatic heterocycles. The number of nitrogens with zero attached hydrogens (tertiary/aromatic N) is 1. The van der Waals surface area contributed by atoms with E-state index in [2.05, 4.69) is 5.32 Å². The lowest BCUT2D eigenvalue weighted by Gasteiger charge is -2.06. The standard InChI is InChI=1S/C15H11N3O4S/c16-7-9-1-3-10(4-2-9)15(21)22-8-12(19)18-14-11(13(17)20)5-6-23-14/h1-6H,8H2,(H2,17,20)(H,18,19). The highest BCUT2D eigenvalue weighted by atomic mass is 32.1. The van der Waals surface area contributed by atoms with Crippen molar-refractivity contribution in [1.82, 2.24) is 0 Å². The van der Waals surface area contributed by atoms with Gasteiger partial charge >= 0.3 is 5.97 Å². The molecular formula is C15H11N3O4S. The van der Waals surface area contributed by atoms with E-state index in [0.29, 0.717) is 10.6 Å². The largest absolute Gasteiger partial charge is 0.452 e. The van der Waals surface area contributed by atoms with Crippen LogP contribution in [0.1, 0.15) is 26.3 Å². The van der Waals surface area contributed by atoms with E-state index in [4.69, 9.17) is 15.7 Å². The molecule has 0 atom stereocenters. The number of nitriles is 1. The Bertz CT molecular complexity index is 790. The average molecular weight is 329 g/mol. The third-order valence-electron chi connectivity index (χ3n) is 2.77. The van der Waals surface area contributed by atoms with Crippen molar-refractivity contribution in [3.05, 3.63) is 52.4 Å². The van der Waals surface area contributed by atoms with Gasteiger partial charge < -0.3 is 15.8 Å². The molecule has 0 unspecified atom stereocenters. The van der Waals surface area contributed by atoms with Crippen molar-refractivity contribution in [2.24, 2.45) is 5.73 Å². The number of nitrogens with two attached hydrogens (primary N) is 1. The van der Waals surface area contributed by atoms with Crippen LogP contribution in [0.4, 0.5) is 5.00 Å². The number of ether oxygens (including phenoxy) is 1. The van der Waals surface area contributed by atoms with E-state index in [-0.39, 0.29) is 11.1 Å². The Balaban J connectivity index is 1.91. The Morgan fingerprint density at radius 1 is 1.22 bits per heavy atom. The number of anilines is 1. The topological polar surface area (TPSA) is 122 Å². The number of amides is 2. The van der Waals surface area contributed by atoms with Gasteiger partial charge in [-0.3, -0.25) is 9.59 Å². The van der Waals surface area contributed by atoms with Crippen LogP contribution in [0, 0.1) is 11.3 Å². The highest BCUT2D eigenvalue weighted by Gasteiger charge is 2.14. The number of hydrogen-bond acceptors (Lipinski definition) is 6. The van der Waals surface area contributed by atoms with E-state index >= 15 is 0 Å². The number of esters is 1. The quantitative estimate of drug-likeness (QED) is 0.805. The molecule has 8 heteroatoms. The first-order valence-corrected chi connectivity index (χ1v) is 7.23. The van der Waals surface area contributed by atoms with Crippen molar-refractivity contribution in [3.63, 3.8) is 0 Å². The summed E-state index contributed by atoms with van der Waals surface area (Å²) < 4.78 is 4.87. The fourth-order valence-corrected chi connectivity index (χ4v) is 2.47. The van der Waals surface area contributed by atoms with Crippen molar-refractivity contribution >= 4 is 34.1 Å². The fourth-order valence-electron chi connectivity index (χ4n) is 1.66. The minimum Gasteiger partial charge on any atom is -0.452 e. The van der Waals surface area contributed by atoms with E-state index < -0.39 is 24.4 Å². The predicted octanol–water partition coefficient (Wildman–Crippen LogP) is 1.51. The predicted molar refractivity (Wildman–Crippen MR) is 82.9 cm³/mol. The van der Waals surface area contributed by atoms with Crippen LogP contribution >= 0.6 is 11.3 Å². The Kier molecular flexibility index (Phi) is 5.07. The van der Waals surface area contributed by atoms with Crippen LogP contribution in [0.25, 0.3) is 0 Å². The molecule has 0 aliphatic rings. The number of primary amides is 1. The summed E-state index contributed by atoms with van der Waals surface area (Å²) in [5, 5.41) is 13.0. The second-order valence-electron chi connectivity index (χ2n) is 4.34. The molecule has 2 amide bonds. The molecule has 0 spiro atoms. The summed E-state index contributed by atoms with van der Waals surface area (Å²) in [6, 6.07) is 9.24. The number of thiophene rings is 1. The molecule has 116 valence electrons. The Labute approximate surface area is 135 Å². The lowest BCUT2D eigenvalue weighted by molar-refractivity contribution is -0.119. The van der Waals surface area contributed by atoms with Crippen LogP contribution in [-0.2, 0) is 9.53 Å². The summed E-state index contributed by atoms with van der Waals surface area (Å²) in [6.07, 6.45) is 0. The molecule has 1 heterocycles. The maximum Gasteiger partial charge on any atom is 0.338 e. The van der Waals surface area contributed by atoms with Crippen LogP contribution in [0.2, 0.25) is 0 Å². The molecule has 2 rings (SSSR count). The number of nitrogens with one attached hydrogen (secondary N) is 1. The number of rotatable bonds is 5. The van der Waals surface area contributed by atoms with E-state index in [1.165, 1.54) is 30.3 Å². The normalized spacial score (nSPS) is 9.70. The lowest BCUT2D eigenvalue weighted by atomic mass is 10.1. The zero-order valence-electron chi connectivity index (χ0n) is 11.7. The third-order valence-corrected chi connectivity index (χ3v) is 3.60. The molecule has 7 nitrogen and oxygen atoms in total. The Hall–Kier alpha value is -3.18. The average Bonchev–Trinajstić information content (AvgIpc) is 3.01. The van der Waals surface area contributed by atoms with Gasteiger partial charge in [-0.15, -0.1) is 11.3 Å². The molecule has 0 aliphatic carbocycles. The van der Waals surface area contributed by atoms with Gasteiger partial charge in [0.15, 0.2) is 6.61 Å². The monoisotopic (exact) mass is 329 g/mol. The molecule has 0 radical (unpaired) electrons. The summed E-state index contributed by atoms with van der Waals surface area (Å²) in [6.45, 7) is -0.505. The summed E-state index contributed by atoms with van der Waals surface area (Å²) in [7, 11) is 0. The number of hydrogen-bond donors (Lipinski definition) is 2. The van der Waals surface area contributed by atoms with Gasteiger partial charge in [0.2, 0.25) is 0 Å². The van der Waals surface area contributed by atoms with Gasteiger partial charge in [0, 0.05) is 0 Å². The Morgan fingerprint density at radius 2 is 1.91 bits per heavy atom. The van der Waals surface area contributed by atoms with E-state index in [9.17, 15) is 14.4 Å². The van der Waals surface area contributed by atoms with Crippen LogP contribution in [0.15, 0.2) is 35.7 Å². The van der Waals surface area contributed by atoms with Gasteiger partial charge in [0.05, 0.1) is 22.8 Å². The van der Waals surface area contributed by atoms with Gasteiger partial charge in [0.1, 0.15) is 5.00 Å². The second-order valence-corrected chi connectivity index (χ2v) is 5.26. The van der Waals surface area contributed by atoms with Crippen LogP contribution in [-0.4, -0.2) is 24.4 Å². The van der Waals surface area contributed by atoms with E-state index in [1.54, 1.807) is 5.38 Å². The highest BCUT2D eigenvalue weighted by molar-refractivity contribution is 7.14. The molecule has 0 saturated carbocycles. The Morgan fingerprint density at radius 3 is 2.52 bits per heavy atom. The van der Waals surface area contributed by atoms with Gasteiger partial charge in [-0.25, -0.2) is 4.79 Å². The lowest BCUT2D eigenvalue weighted by Crippen LogP contribution is -2.22. The summed E-state index contributed by atoms with van der Waals surface area (Å²) >= 11 is 1.14. The smallest absolute Gasteiger partial charge is 0.338 e. The maximum atomic E-state index is 11.8. The van der Waals surface area contributed by atoms with Crippen molar-refractivity contribution in [2.75, 3.05) is 11.9 Å².